The van der Waals surface area contributed by atoms with Crippen LogP contribution in [0.5, 0.6) is 0 Å². The van der Waals surface area contributed by atoms with E-state index in [1.54, 1.807) is 27.7 Å². The normalized spacial score (nSPS) is 35.2. The lowest BCUT2D eigenvalue weighted by atomic mass is 9.71. The first-order valence-electron chi connectivity index (χ1n) is 22.2. The summed E-state index contributed by atoms with van der Waals surface area (Å²) in [6.07, 6.45) is 14.6. The summed E-state index contributed by atoms with van der Waals surface area (Å²) in [6.45, 7) is 22.9. The number of Topliss-reactive ketones (excluding diaryl/α,β-unsaturated/α-hetero) is 2. The maximum atomic E-state index is 13.4. The monoisotopic (exact) mass is 889 g/mol. The molecule has 2 heterocycles. The van der Waals surface area contributed by atoms with Gasteiger partial charge in [-0.05, 0) is 101 Å². The average molecular weight is 889 g/mol. The Kier molecular flexibility index (Phi) is 18.5. The van der Waals surface area contributed by atoms with Gasteiger partial charge in [-0.1, -0.05) is 135 Å². The number of allylic oxidation sites excluding steroid dienone is 20. The first-order valence-corrected chi connectivity index (χ1v) is 22.2. The minimum atomic E-state index is -1.48. The fraction of sp³-hybridized carbons (Fsp3) is 0.538. The first kappa shape index (κ1) is 52.7. The minimum Gasteiger partial charge on any atom is -0.388 e. The molecule has 0 aromatic rings. The molecule has 0 saturated carbocycles. The van der Waals surface area contributed by atoms with Crippen LogP contribution in [0.25, 0.3) is 0 Å². The summed E-state index contributed by atoms with van der Waals surface area (Å²) in [5.74, 6) is -0.411. The fourth-order valence-electron chi connectivity index (χ4n) is 8.36. The number of ether oxygens (including phenoxy) is 4. The van der Waals surface area contributed by atoms with E-state index in [0.29, 0.717) is 24.0 Å². The highest BCUT2D eigenvalue weighted by Crippen LogP contribution is 2.43. The highest BCUT2D eigenvalue weighted by atomic mass is 16.7. The predicted molar refractivity (Wildman–Crippen MR) is 247 cm³/mol. The Balaban J connectivity index is 1.29. The molecule has 0 radical (unpaired) electrons. The van der Waals surface area contributed by atoms with E-state index in [4.69, 9.17) is 18.9 Å². The number of aliphatic hydroxyl groups is 6. The van der Waals surface area contributed by atoms with Crippen molar-refractivity contribution < 1.29 is 59.2 Å². The molecule has 2 aliphatic carbocycles. The van der Waals surface area contributed by atoms with Gasteiger partial charge in [-0.3, -0.25) is 9.59 Å². The second-order valence-corrected chi connectivity index (χ2v) is 19.0. The Bertz CT molecular complexity index is 1910. The molecule has 0 unspecified atom stereocenters. The van der Waals surface area contributed by atoms with Crippen LogP contribution in [0, 0.1) is 10.8 Å². The smallest absolute Gasteiger partial charge is 0.187 e. The molecule has 0 aromatic heterocycles. The van der Waals surface area contributed by atoms with Crippen molar-refractivity contribution in [3.05, 3.63) is 130 Å². The molecule has 12 nitrogen and oxygen atoms in total. The zero-order valence-corrected chi connectivity index (χ0v) is 39.6. The molecule has 0 aromatic carbocycles. The van der Waals surface area contributed by atoms with E-state index in [-0.39, 0.29) is 11.6 Å². The lowest BCUT2D eigenvalue weighted by molar-refractivity contribution is -0.302. The summed E-state index contributed by atoms with van der Waals surface area (Å²) in [6, 6.07) is 0. The van der Waals surface area contributed by atoms with E-state index >= 15 is 0 Å². The van der Waals surface area contributed by atoms with Crippen LogP contribution in [-0.2, 0) is 28.5 Å². The van der Waals surface area contributed by atoms with Crippen LogP contribution < -0.4 is 0 Å². The maximum Gasteiger partial charge on any atom is 0.187 e. The van der Waals surface area contributed by atoms with Crippen LogP contribution in [0.1, 0.15) is 95.9 Å². The van der Waals surface area contributed by atoms with Gasteiger partial charge in [0, 0.05) is 0 Å². The highest BCUT2D eigenvalue weighted by molar-refractivity contribution is 6.01. The van der Waals surface area contributed by atoms with E-state index in [1.807, 2.05) is 140 Å². The van der Waals surface area contributed by atoms with Gasteiger partial charge >= 0.3 is 0 Å². The summed E-state index contributed by atoms with van der Waals surface area (Å²) < 4.78 is 23.0. The van der Waals surface area contributed by atoms with Crippen molar-refractivity contribution in [1.82, 2.24) is 0 Å². The highest BCUT2D eigenvalue weighted by Gasteiger charge is 2.48. The number of rotatable bonds is 14. The van der Waals surface area contributed by atoms with Gasteiger partial charge in [0.1, 0.15) is 48.8 Å². The molecule has 4 rings (SSSR count). The third-order valence-electron chi connectivity index (χ3n) is 12.5. The Hall–Kier alpha value is -3.92. The van der Waals surface area contributed by atoms with Crippen LogP contribution in [0.4, 0.5) is 0 Å². The molecular formula is C52H72O12. The number of hydrogen-bond donors (Lipinski definition) is 6. The molecule has 2 saturated heterocycles. The van der Waals surface area contributed by atoms with Gasteiger partial charge in [0.05, 0.1) is 12.2 Å². The number of hydrogen-bond acceptors (Lipinski definition) is 12. The zero-order chi connectivity index (χ0) is 47.8. The van der Waals surface area contributed by atoms with Gasteiger partial charge in [0.2, 0.25) is 0 Å². The van der Waals surface area contributed by atoms with E-state index in [2.05, 4.69) is 0 Å². The Morgan fingerprint density at radius 1 is 0.516 bits per heavy atom. The van der Waals surface area contributed by atoms with Gasteiger partial charge in [-0.15, -0.1) is 0 Å². The molecule has 12 heteroatoms. The van der Waals surface area contributed by atoms with Crippen LogP contribution in [0.3, 0.4) is 0 Å². The van der Waals surface area contributed by atoms with Crippen LogP contribution >= 0.6 is 0 Å². The zero-order valence-electron chi connectivity index (χ0n) is 39.6. The third-order valence-corrected chi connectivity index (χ3v) is 12.5. The lowest BCUT2D eigenvalue weighted by Crippen LogP contribution is -2.58. The van der Waals surface area contributed by atoms with Crippen molar-refractivity contribution in [2.24, 2.45) is 10.8 Å². The molecule has 2 fully saturated rings. The first-order chi connectivity index (χ1) is 29.9. The molecule has 0 spiro atoms. The van der Waals surface area contributed by atoms with Crippen LogP contribution in [0.2, 0.25) is 0 Å². The molecule has 2 aliphatic heterocycles. The van der Waals surface area contributed by atoms with Crippen LogP contribution in [0.15, 0.2) is 130 Å². The number of aliphatic hydroxyl groups excluding tert-OH is 6. The Morgan fingerprint density at radius 3 is 1.17 bits per heavy atom. The van der Waals surface area contributed by atoms with Crippen molar-refractivity contribution in [2.45, 2.75) is 170 Å². The van der Waals surface area contributed by atoms with Crippen molar-refractivity contribution in [1.29, 1.82) is 0 Å². The molecule has 6 N–H and O–H groups in total. The standard InChI is InChI=1S/C52H72O12/c1-29(19-15-21-31(3)23-25-37-33(5)41(53)39(27-51(37,9)10)63-49-47(59)45(57)43(55)35(7)61-49)17-13-14-18-30(2)20-16-22-32(4)24-26-38-34(6)42(54)40(28-52(38,11)12)64-50-48(60)46(58)44(56)36(8)62-50/h13-26,35-36,39-40,43-50,55-60H,27-28H2,1-12H3/b14-13+,19-15+,20-16+,25-23+,26-24+,29-17+,30-18+,31-21+,32-22+/t35-,36-,39-,40-,43-,44-,45+,46+,47+,48+,49+,50+/m0/s1. The molecule has 64 heavy (non-hydrogen) atoms. The quantitative estimate of drug-likeness (QED) is 0.103. The van der Waals surface area contributed by atoms with Crippen molar-refractivity contribution >= 4 is 11.6 Å². The van der Waals surface area contributed by atoms with E-state index in [1.165, 1.54) is 0 Å². The van der Waals surface area contributed by atoms with Gasteiger partial charge < -0.3 is 49.6 Å². The molecule has 4 aliphatic rings. The van der Waals surface area contributed by atoms with Crippen molar-refractivity contribution in [3.63, 3.8) is 0 Å². The largest absolute Gasteiger partial charge is 0.388 e. The van der Waals surface area contributed by atoms with E-state index in [9.17, 15) is 40.2 Å². The average Bonchev–Trinajstić information content (AvgIpc) is 3.22. The third kappa shape index (κ3) is 13.3. The molecule has 352 valence electrons. The summed E-state index contributed by atoms with van der Waals surface area (Å²) in [7, 11) is 0. The molecule has 12 atom stereocenters. The second-order valence-electron chi connectivity index (χ2n) is 19.0. The topological polar surface area (TPSA) is 192 Å². The van der Waals surface area contributed by atoms with Gasteiger partial charge in [0.15, 0.2) is 24.1 Å². The summed E-state index contributed by atoms with van der Waals surface area (Å²) >= 11 is 0. The molecule has 0 amide bonds. The fourth-order valence-corrected chi connectivity index (χ4v) is 8.36. The summed E-state index contributed by atoms with van der Waals surface area (Å²) in [5, 5.41) is 61.2. The lowest BCUT2D eigenvalue weighted by Gasteiger charge is -2.42. The van der Waals surface area contributed by atoms with E-state index in [0.717, 1.165) is 33.4 Å². The van der Waals surface area contributed by atoms with Crippen molar-refractivity contribution in [2.75, 3.05) is 0 Å². The van der Waals surface area contributed by atoms with Gasteiger partial charge in [-0.25, -0.2) is 0 Å². The predicted octanol–water partition coefficient (Wildman–Crippen LogP) is 6.61. The SMILES string of the molecule is CC1=C(/C=C/C(C)=C/C=C/C(C)=C/C=C/C=C(C)/C=C/C=C(C)/C=C/C2=C(C)C(=O)[C@@H](O[C@H]3O[C@@H](C)[C@H](O)[C@@H](O)[C@H]3O)CC2(C)C)C(C)(C)C[C@H](O[C@H]2O[C@@H](C)[C@H](O)[C@@H](O)[C@H]2O)C1=O. The summed E-state index contributed by atoms with van der Waals surface area (Å²) in [4.78, 5) is 26.7. The molecular weight excluding hydrogens is 817 g/mol. The number of carbonyl (C=O) groups excluding carboxylic acids is 2. The Morgan fingerprint density at radius 2 is 0.828 bits per heavy atom. The minimum absolute atomic E-state index is 0.206. The second kappa shape index (κ2) is 22.5. The van der Waals surface area contributed by atoms with Gasteiger partial charge in [0.25, 0.3) is 0 Å². The van der Waals surface area contributed by atoms with Gasteiger partial charge in [-0.2, -0.15) is 0 Å². The number of carbonyl (C=O) groups is 2. The maximum absolute atomic E-state index is 13.4. The van der Waals surface area contributed by atoms with E-state index < -0.39 is 84.4 Å². The van der Waals surface area contributed by atoms with Crippen LogP contribution in [-0.4, -0.2) is 116 Å². The Labute approximate surface area is 379 Å². The summed E-state index contributed by atoms with van der Waals surface area (Å²) in [5.41, 5.74) is 6.21. The van der Waals surface area contributed by atoms with Crippen molar-refractivity contribution in [3.8, 4) is 0 Å². The molecule has 0 bridgehead atoms. The number of ketones is 2.